The summed E-state index contributed by atoms with van der Waals surface area (Å²) in [7, 11) is 1.63. The molecular formula is C25H30N6O3. The predicted molar refractivity (Wildman–Crippen MR) is 127 cm³/mol. The van der Waals surface area contributed by atoms with Crippen molar-refractivity contribution in [1.82, 2.24) is 24.8 Å². The van der Waals surface area contributed by atoms with E-state index in [1.54, 1.807) is 13.3 Å². The lowest BCUT2D eigenvalue weighted by Gasteiger charge is -2.32. The second-order valence-corrected chi connectivity index (χ2v) is 8.56. The zero-order valence-corrected chi connectivity index (χ0v) is 19.5. The smallest absolute Gasteiger partial charge is 0.238 e. The number of hydrogen-bond acceptors (Lipinski definition) is 9. The lowest BCUT2D eigenvalue weighted by atomic mass is 9.95. The Morgan fingerprint density at radius 2 is 1.88 bits per heavy atom. The number of anilines is 1. The molecule has 2 saturated heterocycles. The fourth-order valence-electron chi connectivity index (χ4n) is 4.48. The number of rotatable bonds is 7. The Labute approximate surface area is 199 Å². The van der Waals surface area contributed by atoms with Crippen LogP contribution in [0.1, 0.15) is 30.1 Å². The third-order valence-corrected chi connectivity index (χ3v) is 6.22. The molecule has 5 rings (SSSR count). The number of methoxy groups -OCH3 is 1. The van der Waals surface area contributed by atoms with Crippen molar-refractivity contribution in [3.05, 3.63) is 60.3 Å². The van der Waals surface area contributed by atoms with Crippen LogP contribution < -0.4 is 14.4 Å². The Morgan fingerprint density at radius 1 is 1.03 bits per heavy atom. The van der Waals surface area contributed by atoms with E-state index in [0.29, 0.717) is 23.3 Å². The third kappa shape index (κ3) is 5.43. The molecular weight excluding hydrogens is 432 g/mol. The number of aromatic nitrogens is 4. The van der Waals surface area contributed by atoms with Gasteiger partial charge in [-0.15, -0.1) is 0 Å². The zero-order valence-electron chi connectivity index (χ0n) is 19.5. The van der Waals surface area contributed by atoms with Crippen molar-refractivity contribution < 1.29 is 14.2 Å². The van der Waals surface area contributed by atoms with Gasteiger partial charge in [-0.25, -0.2) is 15.0 Å². The summed E-state index contributed by atoms with van der Waals surface area (Å²) in [6.07, 6.45) is 7.53. The van der Waals surface area contributed by atoms with Crippen molar-refractivity contribution >= 4 is 5.95 Å². The Hall–Kier alpha value is -3.30. The normalized spacial score (nSPS) is 19.1. The molecule has 0 aliphatic carbocycles. The second-order valence-electron chi connectivity index (χ2n) is 8.56. The highest BCUT2D eigenvalue weighted by Gasteiger charge is 2.24. The van der Waals surface area contributed by atoms with Gasteiger partial charge in [0, 0.05) is 44.5 Å². The minimum Gasteiger partial charge on any atom is -0.493 e. The van der Waals surface area contributed by atoms with Crippen molar-refractivity contribution in [2.75, 3.05) is 51.4 Å². The Balaban J connectivity index is 1.25. The van der Waals surface area contributed by atoms with Crippen LogP contribution in [0.3, 0.4) is 0 Å². The fraction of sp³-hybridized carbons (Fsp3) is 0.440. The van der Waals surface area contributed by atoms with E-state index in [2.05, 4.69) is 19.8 Å². The summed E-state index contributed by atoms with van der Waals surface area (Å²) in [5.41, 5.74) is 1.99. The zero-order chi connectivity index (χ0) is 23.2. The number of ether oxygens (including phenoxy) is 3. The average Bonchev–Trinajstić information content (AvgIpc) is 2.90. The van der Waals surface area contributed by atoms with E-state index >= 15 is 0 Å². The summed E-state index contributed by atoms with van der Waals surface area (Å²) in [6, 6.07) is 9.55. The quantitative estimate of drug-likeness (QED) is 0.525. The van der Waals surface area contributed by atoms with E-state index < -0.39 is 0 Å². The minimum absolute atomic E-state index is 0.294. The van der Waals surface area contributed by atoms with Crippen LogP contribution >= 0.6 is 0 Å². The third-order valence-electron chi connectivity index (χ3n) is 6.22. The van der Waals surface area contributed by atoms with E-state index in [1.165, 1.54) is 0 Å². The maximum absolute atomic E-state index is 5.98. The summed E-state index contributed by atoms with van der Waals surface area (Å²) in [5, 5.41) is 0. The molecule has 0 N–H and O–H groups in total. The van der Waals surface area contributed by atoms with E-state index in [4.69, 9.17) is 24.2 Å². The number of likely N-dealkylation sites (tertiary alicyclic amines) is 1. The highest BCUT2D eigenvalue weighted by molar-refractivity contribution is 5.41. The molecule has 2 aliphatic rings. The number of benzene rings is 1. The Kier molecular flexibility index (Phi) is 7.11. The average molecular weight is 463 g/mol. The predicted octanol–water partition coefficient (Wildman–Crippen LogP) is 3.28. The first kappa shape index (κ1) is 22.5. The molecule has 9 nitrogen and oxygen atoms in total. The maximum atomic E-state index is 5.98. The van der Waals surface area contributed by atoms with Crippen LogP contribution in [0, 0.1) is 0 Å². The standard InChI is InChI=1S/C25H30N6O3/c1-32-22-6-2-3-7-23(22)34-24-16-26-15-21(29-24)19-5-4-10-30(17-19)18-20-8-9-27-25(28-20)31-11-13-33-14-12-31/h2-3,6-9,15-16,19H,4-5,10-14,17-18H2,1H3. The van der Waals surface area contributed by atoms with Crippen molar-refractivity contribution in [3.8, 4) is 17.4 Å². The highest BCUT2D eigenvalue weighted by atomic mass is 16.5. The molecule has 178 valence electrons. The number of piperidine rings is 1. The number of hydrogen-bond donors (Lipinski definition) is 0. The van der Waals surface area contributed by atoms with Crippen molar-refractivity contribution in [3.63, 3.8) is 0 Å². The van der Waals surface area contributed by atoms with E-state index in [9.17, 15) is 0 Å². The maximum Gasteiger partial charge on any atom is 0.238 e. The molecule has 0 saturated carbocycles. The second kappa shape index (κ2) is 10.8. The van der Waals surface area contributed by atoms with E-state index in [1.807, 2.05) is 42.7 Å². The van der Waals surface area contributed by atoms with E-state index in [0.717, 1.165) is 76.1 Å². The van der Waals surface area contributed by atoms with Gasteiger partial charge < -0.3 is 19.1 Å². The first-order valence-corrected chi connectivity index (χ1v) is 11.8. The highest BCUT2D eigenvalue weighted by Crippen LogP contribution is 2.31. The van der Waals surface area contributed by atoms with E-state index in [-0.39, 0.29) is 0 Å². The molecule has 1 aromatic carbocycles. The molecule has 0 amide bonds. The van der Waals surface area contributed by atoms with Gasteiger partial charge in [-0.2, -0.15) is 0 Å². The molecule has 34 heavy (non-hydrogen) atoms. The SMILES string of the molecule is COc1ccccc1Oc1cncc(C2CCCN(Cc3ccnc(N4CCOCC4)n3)C2)n1. The van der Waals surface area contributed by atoms with Crippen LogP contribution in [0.2, 0.25) is 0 Å². The Morgan fingerprint density at radius 3 is 2.74 bits per heavy atom. The van der Waals surface area contributed by atoms with Crippen LogP contribution in [0.4, 0.5) is 5.95 Å². The topological polar surface area (TPSA) is 85.7 Å². The fourth-order valence-corrected chi connectivity index (χ4v) is 4.48. The molecule has 1 unspecified atom stereocenters. The van der Waals surface area contributed by atoms with Gasteiger partial charge in [0.2, 0.25) is 11.8 Å². The summed E-state index contributed by atoms with van der Waals surface area (Å²) in [4.78, 5) is 23.1. The minimum atomic E-state index is 0.294. The van der Waals surface area contributed by atoms with Crippen LogP contribution in [0.25, 0.3) is 0 Å². The first-order chi connectivity index (χ1) is 16.8. The number of para-hydroxylation sites is 2. The van der Waals surface area contributed by atoms with Gasteiger partial charge in [0.15, 0.2) is 11.5 Å². The first-order valence-electron chi connectivity index (χ1n) is 11.8. The van der Waals surface area contributed by atoms with Crippen LogP contribution in [-0.2, 0) is 11.3 Å². The number of morpholine rings is 1. The summed E-state index contributed by atoms with van der Waals surface area (Å²) < 4.78 is 16.8. The van der Waals surface area contributed by atoms with Gasteiger partial charge in [-0.3, -0.25) is 9.88 Å². The van der Waals surface area contributed by atoms with Crippen molar-refractivity contribution in [1.29, 1.82) is 0 Å². The molecule has 1 atom stereocenters. The molecule has 3 aromatic rings. The molecule has 2 aromatic heterocycles. The van der Waals surface area contributed by atoms with Gasteiger partial charge in [-0.05, 0) is 37.6 Å². The molecule has 2 fully saturated rings. The van der Waals surface area contributed by atoms with Crippen LogP contribution in [0.5, 0.6) is 17.4 Å². The van der Waals surface area contributed by atoms with Crippen molar-refractivity contribution in [2.24, 2.45) is 0 Å². The van der Waals surface area contributed by atoms with Gasteiger partial charge in [-0.1, -0.05) is 12.1 Å². The molecule has 4 heterocycles. The Bertz CT molecular complexity index is 1090. The molecule has 2 aliphatic heterocycles. The summed E-state index contributed by atoms with van der Waals surface area (Å²) in [6.45, 7) is 5.86. The molecule has 9 heteroatoms. The van der Waals surface area contributed by atoms with Crippen molar-refractivity contribution in [2.45, 2.75) is 25.3 Å². The summed E-state index contributed by atoms with van der Waals surface area (Å²) in [5.74, 6) is 2.86. The van der Waals surface area contributed by atoms with Gasteiger partial charge >= 0.3 is 0 Å². The van der Waals surface area contributed by atoms with Crippen LogP contribution in [-0.4, -0.2) is 71.3 Å². The van der Waals surface area contributed by atoms with Gasteiger partial charge in [0.05, 0.1) is 37.9 Å². The lowest BCUT2D eigenvalue weighted by molar-refractivity contribution is 0.122. The monoisotopic (exact) mass is 462 g/mol. The summed E-state index contributed by atoms with van der Waals surface area (Å²) >= 11 is 0. The molecule has 0 spiro atoms. The molecule has 0 radical (unpaired) electrons. The van der Waals surface area contributed by atoms with Crippen LogP contribution in [0.15, 0.2) is 48.9 Å². The molecule has 0 bridgehead atoms. The number of nitrogens with zero attached hydrogens (tertiary/aromatic N) is 6. The lowest BCUT2D eigenvalue weighted by Crippen LogP contribution is -2.38. The largest absolute Gasteiger partial charge is 0.493 e. The van der Waals surface area contributed by atoms with Gasteiger partial charge in [0.25, 0.3) is 0 Å². The van der Waals surface area contributed by atoms with Gasteiger partial charge in [0.1, 0.15) is 0 Å².